The van der Waals surface area contributed by atoms with E-state index in [0.717, 1.165) is 18.9 Å². The molecular formula is C16H18N4O3. The van der Waals surface area contributed by atoms with Crippen molar-refractivity contribution >= 4 is 23.3 Å². The fourth-order valence-electron chi connectivity index (χ4n) is 2.49. The number of aryl methyl sites for hydroxylation is 1. The van der Waals surface area contributed by atoms with E-state index in [4.69, 9.17) is 4.74 Å². The number of aromatic nitrogens is 2. The summed E-state index contributed by atoms with van der Waals surface area (Å²) in [6.07, 6.45) is 0. The average Bonchev–Trinajstić information content (AvgIpc) is 2.55. The number of carboxylic acid groups (broad SMARTS) is 1. The van der Waals surface area contributed by atoms with Crippen molar-refractivity contribution in [3.05, 3.63) is 41.7 Å². The van der Waals surface area contributed by atoms with Crippen molar-refractivity contribution in [2.75, 3.05) is 36.5 Å². The van der Waals surface area contributed by atoms with Gasteiger partial charge in [0.05, 0.1) is 24.5 Å². The van der Waals surface area contributed by atoms with E-state index in [1.165, 1.54) is 0 Å². The molecule has 0 unspecified atom stereocenters. The maximum absolute atomic E-state index is 11.3. The number of carbonyl (C=O) groups is 1. The van der Waals surface area contributed by atoms with Gasteiger partial charge < -0.3 is 20.1 Å². The molecule has 1 saturated heterocycles. The Hall–Kier alpha value is -2.67. The van der Waals surface area contributed by atoms with Crippen LogP contribution in [-0.4, -0.2) is 47.3 Å². The van der Waals surface area contributed by atoms with Crippen molar-refractivity contribution in [3.8, 4) is 0 Å². The van der Waals surface area contributed by atoms with Crippen LogP contribution in [0.15, 0.2) is 30.3 Å². The fourth-order valence-corrected chi connectivity index (χ4v) is 2.49. The summed E-state index contributed by atoms with van der Waals surface area (Å²) in [7, 11) is 0. The molecule has 7 heteroatoms. The van der Waals surface area contributed by atoms with Crippen LogP contribution in [0.2, 0.25) is 0 Å². The lowest BCUT2D eigenvalue weighted by molar-refractivity contribution is 0.0698. The first-order valence-corrected chi connectivity index (χ1v) is 7.41. The molecule has 1 aliphatic rings. The van der Waals surface area contributed by atoms with E-state index in [2.05, 4.69) is 20.2 Å². The number of para-hydroxylation sites is 1. The number of aromatic carboxylic acids is 1. The highest BCUT2D eigenvalue weighted by Gasteiger charge is 2.15. The second-order valence-corrected chi connectivity index (χ2v) is 5.23. The van der Waals surface area contributed by atoms with E-state index in [9.17, 15) is 9.90 Å². The normalized spacial score (nSPS) is 14.6. The first-order valence-electron chi connectivity index (χ1n) is 7.41. The third-order valence-electron chi connectivity index (χ3n) is 3.58. The summed E-state index contributed by atoms with van der Waals surface area (Å²) < 4.78 is 5.35. The highest BCUT2D eigenvalue weighted by Crippen LogP contribution is 2.23. The first kappa shape index (κ1) is 15.2. The molecule has 1 aromatic heterocycles. The second-order valence-electron chi connectivity index (χ2n) is 5.23. The lowest BCUT2D eigenvalue weighted by Gasteiger charge is -2.28. The van der Waals surface area contributed by atoms with Crippen LogP contribution in [0.25, 0.3) is 0 Å². The predicted molar refractivity (Wildman–Crippen MR) is 86.5 cm³/mol. The van der Waals surface area contributed by atoms with Crippen LogP contribution in [0, 0.1) is 6.92 Å². The van der Waals surface area contributed by atoms with Gasteiger partial charge in [-0.05, 0) is 19.1 Å². The zero-order valence-corrected chi connectivity index (χ0v) is 12.8. The summed E-state index contributed by atoms with van der Waals surface area (Å²) in [5, 5.41) is 12.3. The number of nitrogens with zero attached hydrogens (tertiary/aromatic N) is 3. The Kier molecular flexibility index (Phi) is 4.38. The molecule has 3 rings (SSSR count). The minimum Gasteiger partial charge on any atom is -0.478 e. The Morgan fingerprint density at radius 1 is 1.26 bits per heavy atom. The van der Waals surface area contributed by atoms with Crippen molar-refractivity contribution in [1.29, 1.82) is 0 Å². The Morgan fingerprint density at radius 3 is 2.74 bits per heavy atom. The zero-order valence-electron chi connectivity index (χ0n) is 12.8. The molecule has 0 aliphatic carbocycles. The Balaban J connectivity index is 1.88. The number of carboxylic acids is 1. The molecule has 0 radical (unpaired) electrons. The zero-order chi connectivity index (χ0) is 16.2. The highest BCUT2D eigenvalue weighted by molar-refractivity contribution is 5.95. The number of hydrogen-bond acceptors (Lipinski definition) is 6. The molecule has 1 aliphatic heterocycles. The van der Waals surface area contributed by atoms with Gasteiger partial charge in [-0.25, -0.2) is 14.8 Å². The summed E-state index contributed by atoms with van der Waals surface area (Å²) in [4.78, 5) is 22.2. The van der Waals surface area contributed by atoms with E-state index in [1.807, 2.05) is 13.0 Å². The van der Waals surface area contributed by atoms with Gasteiger partial charge in [0.25, 0.3) is 0 Å². The van der Waals surface area contributed by atoms with Gasteiger partial charge in [-0.1, -0.05) is 12.1 Å². The fraction of sp³-hybridized carbons (Fsp3) is 0.312. The van der Waals surface area contributed by atoms with Gasteiger partial charge in [-0.2, -0.15) is 0 Å². The standard InChI is InChI=1S/C16H18N4O3/c1-11-17-14(10-15(18-11)20-6-8-23-9-7-20)19-13-5-3-2-4-12(13)16(21)22/h2-5,10H,6-9H2,1H3,(H,21,22)(H,17,18,19). The Morgan fingerprint density at radius 2 is 2.00 bits per heavy atom. The molecule has 0 bridgehead atoms. The number of morpholine rings is 1. The smallest absolute Gasteiger partial charge is 0.337 e. The minimum atomic E-state index is -0.979. The maximum atomic E-state index is 11.3. The quantitative estimate of drug-likeness (QED) is 0.893. The van der Waals surface area contributed by atoms with Crippen LogP contribution in [0.3, 0.4) is 0 Å². The number of ether oxygens (including phenoxy) is 1. The van der Waals surface area contributed by atoms with Crippen LogP contribution in [0.5, 0.6) is 0 Å². The molecule has 1 fully saturated rings. The Bertz CT molecular complexity index is 714. The molecule has 0 saturated carbocycles. The van der Waals surface area contributed by atoms with Gasteiger partial charge in [0.2, 0.25) is 0 Å². The third-order valence-corrected chi connectivity index (χ3v) is 3.58. The predicted octanol–water partition coefficient (Wildman–Crippen LogP) is 2.06. The number of rotatable bonds is 4. The van der Waals surface area contributed by atoms with E-state index >= 15 is 0 Å². The molecule has 0 atom stereocenters. The lowest BCUT2D eigenvalue weighted by atomic mass is 10.2. The number of benzene rings is 1. The largest absolute Gasteiger partial charge is 0.478 e. The van der Waals surface area contributed by atoms with Crippen molar-refractivity contribution in [1.82, 2.24) is 9.97 Å². The summed E-state index contributed by atoms with van der Waals surface area (Å²) in [6.45, 7) is 4.72. The first-order chi connectivity index (χ1) is 11.1. The molecule has 2 N–H and O–H groups in total. The second kappa shape index (κ2) is 6.62. The molecule has 23 heavy (non-hydrogen) atoms. The van der Waals surface area contributed by atoms with Gasteiger partial charge in [-0.3, -0.25) is 0 Å². The molecule has 7 nitrogen and oxygen atoms in total. The number of anilines is 3. The summed E-state index contributed by atoms with van der Waals surface area (Å²) in [6, 6.07) is 8.58. The number of nitrogens with one attached hydrogen (secondary N) is 1. The van der Waals surface area contributed by atoms with Crippen molar-refractivity contribution in [3.63, 3.8) is 0 Å². The Labute approximate surface area is 133 Å². The number of hydrogen-bond donors (Lipinski definition) is 2. The van der Waals surface area contributed by atoms with E-state index < -0.39 is 5.97 Å². The summed E-state index contributed by atoms with van der Waals surface area (Å²) in [5.74, 6) is 1.04. The molecule has 0 amide bonds. The maximum Gasteiger partial charge on any atom is 0.337 e. The molecule has 2 aromatic rings. The van der Waals surface area contributed by atoms with Crippen LogP contribution >= 0.6 is 0 Å². The van der Waals surface area contributed by atoms with Crippen LogP contribution in [0.1, 0.15) is 16.2 Å². The van der Waals surface area contributed by atoms with Crippen LogP contribution in [0.4, 0.5) is 17.3 Å². The molecule has 120 valence electrons. The topological polar surface area (TPSA) is 87.6 Å². The molecule has 2 heterocycles. The lowest BCUT2D eigenvalue weighted by Crippen LogP contribution is -2.36. The summed E-state index contributed by atoms with van der Waals surface area (Å²) in [5.41, 5.74) is 0.711. The van der Waals surface area contributed by atoms with Gasteiger partial charge in [0, 0.05) is 19.2 Å². The summed E-state index contributed by atoms with van der Waals surface area (Å²) >= 11 is 0. The van der Waals surface area contributed by atoms with Crippen molar-refractivity contribution < 1.29 is 14.6 Å². The highest BCUT2D eigenvalue weighted by atomic mass is 16.5. The van der Waals surface area contributed by atoms with E-state index in [1.54, 1.807) is 24.3 Å². The minimum absolute atomic E-state index is 0.205. The van der Waals surface area contributed by atoms with Crippen LogP contribution < -0.4 is 10.2 Å². The average molecular weight is 314 g/mol. The van der Waals surface area contributed by atoms with E-state index in [0.29, 0.717) is 30.5 Å². The van der Waals surface area contributed by atoms with Crippen molar-refractivity contribution in [2.45, 2.75) is 6.92 Å². The van der Waals surface area contributed by atoms with Gasteiger partial charge in [0.1, 0.15) is 17.5 Å². The monoisotopic (exact) mass is 314 g/mol. The molecule has 0 spiro atoms. The van der Waals surface area contributed by atoms with Crippen LogP contribution in [-0.2, 0) is 4.74 Å². The molecule has 1 aromatic carbocycles. The SMILES string of the molecule is Cc1nc(Nc2ccccc2C(=O)O)cc(N2CCOCC2)n1. The van der Waals surface area contributed by atoms with Gasteiger partial charge >= 0.3 is 5.97 Å². The molecular weight excluding hydrogens is 296 g/mol. The van der Waals surface area contributed by atoms with Gasteiger partial charge in [-0.15, -0.1) is 0 Å². The van der Waals surface area contributed by atoms with Gasteiger partial charge in [0.15, 0.2) is 0 Å². The third kappa shape index (κ3) is 3.57. The van der Waals surface area contributed by atoms with Crippen molar-refractivity contribution in [2.24, 2.45) is 0 Å². The van der Waals surface area contributed by atoms with E-state index in [-0.39, 0.29) is 5.56 Å².